The molecule has 1 aromatic rings. The molecule has 0 bridgehead atoms. The number of hydrogen-bond acceptors (Lipinski definition) is 4. The van der Waals surface area contributed by atoms with Crippen LogP contribution in [0.4, 0.5) is 0 Å². The lowest BCUT2D eigenvalue weighted by molar-refractivity contribution is -0.125. The first-order chi connectivity index (χ1) is 9.41. The molecular weight excluding hydrogens is 254 g/mol. The van der Waals surface area contributed by atoms with Crippen LogP contribution in [-0.4, -0.2) is 29.9 Å². The molecule has 1 aromatic carbocycles. The summed E-state index contributed by atoms with van der Waals surface area (Å²) in [5, 5.41) is 0. The summed E-state index contributed by atoms with van der Waals surface area (Å²) in [4.78, 5) is 28.4. The molecule has 0 N–H and O–H groups in total. The first-order valence-corrected chi connectivity index (χ1v) is 6.40. The van der Waals surface area contributed by atoms with Crippen LogP contribution < -0.4 is 0 Å². The maximum atomic E-state index is 12.6. The number of benzene rings is 1. The van der Waals surface area contributed by atoms with Crippen LogP contribution in [0.3, 0.4) is 0 Å². The summed E-state index contributed by atoms with van der Waals surface area (Å²) in [6, 6.07) is 9.36. The lowest BCUT2D eigenvalue weighted by Gasteiger charge is -2.25. The molecule has 0 aromatic heterocycles. The second-order valence-corrected chi connectivity index (χ2v) is 4.89. The second kappa shape index (κ2) is 5.04. The van der Waals surface area contributed by atoms with Gasteiger partial charge in [0.05, 0.1) is 5.71 Å². The van der Waals surface area contributed by atoms with E-state index in [1.54, 1.807) is 20.9 Å². The largest absolute Gasteiger partial charge is 0.477 e. The monoisotopic (exact) mass is 271 g/mol. The number of nitrogens with zero attached hydrogens (tertiary/aromatic N) is 1. The van der Waals surface area contributed by atoms with Crippen molar-refractivity contribution in [1.29, 1.82) is 0 Å². The Morgan fingerprint density at radius 3 is 2.30 bits per heavy atom. The normalized spacial score (nSPS) is 23.0. The Bertz CT molecular complexity index is 628. The minimum atomic E-state index is -1.23. The van der Waals surface area contributed by atoms with E-state index in [1.807, 2.05) is 30.3 Å². The van der Waals surface area contributed by atoms with Crippen LogP contribution in [0.2, 0.25) is 0 Å². The van der Waals surface area contributed by atoms with Gasteiger partial charge in [-0.3, -0.25) is 14.6 Å². The van der Waals surface area contributed by atoms with Crippen molar-refractivity contribution >= 4 is 17.3 Å². The smallest absolute Gasteiger partial charge is 0.219 e. The van der Waals surface area contributed by atoms with Crippen molar-refractivity contribution in [3.05, 3.63) is 47.2 Å². The van der Waals surface area contributed by atoms with Crippen molar-refractivity contribution in [1.82, 2.24) is 0 Å². The van der Waals surface area contributed by atoms with Gasteiger partial charge in [-0.15, -0.1) is 0 Å². The lowest BCUT2D eigenvalue weighted by atomic mass is 9.87. The van der Waals surface area contributed by atoms with Crippen molar-refractivity contribution in [2.24, 2.45) is 4.99 Å². The fraction of sp³-hybridized carbons (Fsp3) is 0.312. The molecule has 1 atom stereocenters. The molecule has 1 unspecified atom stereocenters. The van der Waals surface area contributed by atoms with Crippen LogP contribution >= 0.6 is 0 Å². The number of rotatable bonds is 3. The molecule has 1 aliphatic heterocycles. The minimum absolute atomic E-state index is 0.129. The van der Waals surface area contributed by atoms with E-state index >= 15 is 0 Å². The second-order valence-electron chi connectivity index (χ2n) is 4.89. The third-order valence-corrected chi connectivity index (χ3v) is 3.44. The van der Waals surface area contributed by atoms with E-state index in [0.29, 0.717) is 11.5 Å². The highest BCUT2D eigenvalue weighted by Gasteiger charge is 2.49. The first kappa shape index (κ1) is 14.2. The van der Waals surface area contributed by atoms with Crippen LogP contribution in [0.1, 0.15) is 26.3 Å². The molecule has 1 aliphatic rings. The highest BCUT2D eigenvalue weighted by molar-refractivity contribution is 6.33. The molecule has 20 heavy (non-hydrogen) atoms. The third-order valence-electron chi connectivity index (χ3n) is 3.44. The van der Waals surface area contributed by atoms with Gasteiger partial charge in [-0.2, -0.15) is 0 Å². The number of carbonyl (C=O) groups excluding carboxylic acids is 2. The standard InChI is InChI=1S/C16H17NO3/c1-10(18)13-11(2)20-16(3,15(13)19)14(17-4)12-8-6-5-7-9-12/h5-9H,1-4H3. The van der Waals surface area contributed by atoms with Crippen LogP contribution in [0, 0.1) is 0 Å². The zero-order chi connectivity index (χ0) is 14.9. The Morgan fingerprint density at radius 2 is 1.85 bits per heavy atom. The summed E-state index contributed by atoms with van der Waals surface area (Å²) in [7, 11) is 1.62. The molecule has 4 nitrogen and oxygen atoms in total. The number of allylic oxidation sites excluding steroid dienone is 1. The number of Topliss-reactive ketones (excluding diaryl/α,β-unsaturated/α-hetero) is 2. The molecule has 0 saturated heterocycles. The van der Waals surface area contributed by atoms with E-state index in [-0.39, 0.29) is 17.1 Å². The number of hydrogen-bond donors (Lipinski definition) is 0. The van der Waals surface area contributed by atoms with E-state index in [2.05, 4.69) is 4.99 Å². The summed E-state index contributed by atoms with van der Waals surface area (Å²) < 4.78 is 5.72. The van der Waals surface area contributed by atoms with Crippen molar-refractivity contribution in [2.75, 3.05) is 7.05 Å². The van der Waals surface area contributed by atoms with Gasteiger partial charge in [0.15, 0.2) is 5.78 Å². The Balaban J connectivity index is 2.49. The predicted octanol–water partition coefficient (Wildman–Crippen LogP) is 2.33. The molecule has 0 radical (unpaired) electrons. The topological polar surface area (TPSA) is 55.7 Å². The van der Waals surface area contributed by atoms with Gasteiger partial charge < -0.3 is 4.74 Å². The molecule has 0 aliphatic carbocycles. The van der Waals surface area contributed by atoms with E-state index in [1.165, 1.54) is 6.92 Å². The zero-order valence-electron chi connectivity index (χ0n) is 12.1. The van der Waals surface area contributed by atoms with Crippen LogP contribution in [0.25, 0.3) is 0 Å². The summed E-state index contributed by atoms with van der Waals surface area (Å²) in [5.41, 5.74) is 0.230. The average Bonchev–Trinajstić information content (AvgIpc) is 2.62. The number of ketones is 2. The Hall–Kier alpha value is -2.23. The van der Waals surface area contributed by atoms with Gasteiger partial charge in [0, 0.05) is 12.6 Å². The van der Waals surface area contributed by atoms with Crippen LogP contribution in [0.5, 0.6) is 0 Å². The highest BCUT2D eigenvalue weighted by atomic mass is 16.5. The zero-order valence-corrected chi connectivity index (χ0v) is 12.1. The van der Waals surface area contributed by atoms with E-state index in [4.69, 9.17) is 4.74 Å². The van der Waals surface area contributed by atoms with Gasteiger partial charge >= 0.3 is 0 Å². The molecule has 0 fully saturated rings. The fourth-order valence-electron chi connectivity index (χ4n) is 2.58. The summed E-state index contributed by atoms with van der Waals surface area (Å²) in [6.07, 6.45) is 0. The number of aliphatic imine (C=N–C) groups is 1. The van der Waals surface area contributed by atoms with E-state index in [0.717, 1.165) is 5.56 Å². The molecule has 4 heteroatoms. The van der Waals surface area contributed by atoms with E-state index in [9.17, 15) is 9.59 Å². The van der Waals surface area contributed by atoms with Crippen LogP contribution in [0.15, 0.2) is 46.7 Å². The number of carbonyl (C=O) groups is 2. The van der Waals surface area contributed by atoms with Gasteiger partial charge in [-0.25, -0.2) is 0 Å². The van der Waals surface area contributed by atoms with Crippen molar-refractivity contribution < 1.29 is 14.3 Å². The SMILES string of the molecule is CN=C(c1ccccc1)C1(C)OC(C)=C(C(C)=O)C1=O. The predicted molar refractivity (Wildman–Crippen MR) is 76.8 cm³/mol. The highest BCUT2D eigenvalue weighted by Crippen LogP contribution is 2.34. The van der Waals surface area contributed by atoms with Crippen molar-refractivity contribution in [3.63, 3.8) is 0 Å². The maximum Gasteiger partial charge on any atom is 0.219 e. The minimum Gasteiger partial charge on any atom is -0.477 e. The maximum absolute atomic E-state index is 12.6. The molecule has 0 amide bonds. The molecule has 104 valence electrons. The van der Waals surface area contributed by atoms with Crippen LogP contribution in [-0.2, 0) is 14.3 Å². The molecule has 1 heterocycles. The molecule has 0 spiro atoms. The summed E-state index contributed by atoms with van der Waals surface area (Å²) in [6.45, 7) is 4.67. The van der Waals surface area contributed by atoms with Gasteiger partial charge in [0.1, 0.15) is 11.3 Å². The van der Waals surface area contributed by atoms with Gasteiger partial charge in [0.25, 0.3) is 0 Å². The lowest BCUT2D eigenvalue weighted by Crippen LogP contribution is -2.44. The van der Waals surface area contributed by atoms with Gasteiger partial charge in [-0.05, 0) is 20.8 Å². The summed E-state index contributed by atoms with van der Waals surface area (Å²) in [5.74, 6) is -0.242. The first-order valence-electron chi connectivity index (χ1n) is 6.40. The molecular formula is C16H17NO3. The quantitative estimate of drug-likeness (QED) is 0.626. The Labute approximate surface area is 118 Å². The Morgan fingerprint density at radius 1 is 1.25 bits per heavy atom. The fourth-order valence-corrected chi connectivity index (χ4v) is 2.58. The van der Waals surface area contributed by atoms with Crippen molar-refractivity contribution in [2.45, 2.75) is 26.4 Å². The van der Waals surface area contributed by atoms with Gasteiger partial charge in [0.2, 0.25) is 11.4 Å². The molecule has 0 saturated carbocycles. The average molecular weight is 271 g/mol. The molecule has 2 rings (SSSR count). The third kappa shape index (κ3) is 2.07. The number of ether oxygens (including phenoxy) is 1. The summed E-state index contributed by atoms with van der Waals surface area (Å²) >= 11 is 0. The Kier molecular flexibility index (Phi) is 3.57. The van der Waals surface area contributed by atoms with E-state index < -0.39 is 5.60 Å². The van der Waals surface area contributed by atoms with Crippen molar-refractivity contribution in [3.8, 4) is 0 Å². The van der Waals surface area contributed by atoms with Gasteiger partial charge in [-0.1, -0.05) is 30.3 Å².